The van der Waals surface area contributed by atoms with Crippen LogP contribution in [0.3, 0.4) is 0 Å². The lowest BCUT2D eigenvalue weighted by Gasteiger charge is -2.11. The zero-order valence-corrected chi connectivity index (χ0v) is 17.7. The number of hydrogen-bond acceptors (Lipinski definition) is 7. The van der Waals surface area contributed by atoms with E-state index in [1.54, 1.807) is 36.4 Å². The van der Waals surface area contributed by atoms with Crippen molar-refractivity contribution in [2.45, 2.75) is 11.8 Å². The highest BCUT2D eigenvalue weighted by Crippen LogP contribution is 2.35. The standard InChI is InChI=1S/C21H18N4O5S/c1-12-8-10-13(11-9-12)31(28,29)25-15-7-5-4-6-14(15)16-17(20(26)22-2)23-24-18(19(16)25)21(27)30-3/h4-11H,1-3H3,(H,22,26). The number of amides is 1. The third-order valence-electron chi connectivity index (χ3n) is 4.92. The second-order valence-electron chi connectivity index (χ2n) is 6.79. The van der Waals surface area contributed by atoms with E-state index < -0.39 is 21.9 Å². The molecule has 158 valence electrons. The maximum atomic E-state index is 13.7. The van der Waals surface area contributed by atoms with Crippen LogP contribution in [0.25, 0.3) is 21.8 Å². The largest absolute Gasteiger partial charge is 0.464 e. The Labute approximate surface area is 177 Å². The Balaban J connectivity index is 2.25. The van der Waals surface area contributed by atoms with Gasteiger partial charge in [0.15, 0.2) is 11.4 Å². The molecule has 0 aliphatic carbocycles. The van der Waals surface area contributed by atoms with E-state index in [-0.39, 0.29) is 32.7 Å². The van der Waals surface area contributed by atoms with Crippen molar-refractivity contribution in [3.05, 3.63) is 65.5 Å². The third kappa shape index (κ3) is 3.12. The van der Waals surface area contributed by atoms with Crippen molar-refractivity contribution in [3.63, 3.8) is 0 Å². The van der Waals surface area contributed by atoms with Gasteiger partial charge in [0.1, 0.15) is 5.52 Å². The quantitative estimate of drug-likeness (QED) is 0.485. The van der Waals surface area contributed by atoms with E-state index in [4.69, 9.17) is 4.74 Å². The van der Waals surface area contributed by atoms with Gasteiger partial charge < -0.3 is 10.1 Å². The van der Waals surface area contributed by atoms with Gasteiger partial charge in [0.25, 0.3) is 15.9 Å². The first-order chi connectivity index (χ1) is 14.8. The van der Waals surface area contributed by atoms with Crippen LogP contribution in [0.4, 0.5) is 0 Å². The van der Waals surface area contributed by atoms with E-state index in [0.29, 0.717) is 5.39 Å². The number of nitrogens with one attached hydrogen (secondary N) is 1. The normalized spacial score (nSPS) is 11.6. The fourth-order valence-electron chi connectivity index (χ4n) is 3.44. The Morgan fingerprint density at radius 1 is 1.00 bits per heavy atom. The number of methoxy groups -OCH3 is 1. The van der Waals surface area contributed by atoms with E-state index in [1.807, 2.05) is 6.92 Å². The fourth-order valence-corrected chi connectivity index (χ4v) is 4.97. The molecule has 0 saturated carbocycles. The van der Waals surface area contributed by atoms with Crippen LogP contribution in [0.1, 0.15) is 26.5 Å². The van der Waals surface area contributed by atoms with Crippen LogP contribution in [0.5, 0.6) is 0 Å². The second kappa shape index (κ2) is 7.47. The van der Waals surface area contributed by atoms with E-state index in [0.717, 1.165) is 16.6 Å². The highest BCUT2D eigenvalue weighted by atomic mass is 32.2. The molecule has 1 amide bonds. The van der Waals surface area contributed by atoms with Crippen LogP contribution in [-0.4, -0.2) is 48.6 Å². The molecule has 0 saturated heterocycles. The molecule has 31 heavy (non-hydrogen) atoms. The van der Waals surface area contributed by atoms with E-state index >= 15 is 0 Å². The predicted molar refractivity (Wildman–Crippen MR) is 114 cm³/mol. The molecular formula is C21H18N4O5S. The van der Waals surface area contributed by atoms with Crippen molar-refractivity contribution >= 4 is 43.7 Å². The molecule has 1 N–H and O–H groups in total. The highest BCUT2D eigenvalue weighted by molar-refractivity contribution is 7.90. The number of fused-ring (bicyclic) bond motifs is 3. The number of benzene rings is 2. The Bertz CT molecular complexity index is 1460. The Kier molecular flexibility index (Phi) is 4.94. The van der Waals surface area contributed by atoms with Gasteiger partial charge in [-0.3, -0.25) is 4.79 Å². The molecule has 2 heterocycles. The van der Waals surface area contributed by atoms with Gasteiger partial charge in [-0.1, -0.05) is 35.9 Å². The number of carbonyl (C=O) groups excluding carboxylic acids is 2. The zero-order valence-electron chi connectivity index (χ0n) is 16.9. The highest BCUT2D eigenvalue weighted by Gasteiger charge is 2.31. The van der Waals surface area contributed by atoms with Gasteiger partial charge in [-0.05, 0) is 25.1 Å². The summed E-state index contributed by atoms with van der Waals surface area (Å²) in [6, 6.07) is 12.9. The monoisotopic (exact) mass is 438 g/mol. The van der Waals surface area contributed by atoms with Crippen molar-refractivity contribution in [3.8, 4) is 0 Å². The average molecular weight is 438 g/mol. The molecule has 2 aromatic heterocycles. The predicted octanol–water partition coefficient (Wildman–Crippen LogP) is 2.28. The van der Waals surface area contributed by atoms with Crippen LogP contribution in [0, 0.1) is 6.92 Å². The number of ether oxygens (including phenoxy) is 1. The van der Waals surface area contributed by atoms with E-state index in [9.17, 15) is 18.0 Å². The minimum absolute atomic E-state index is 0.0230. The fraction of sp³-hybridized carbons (Fsp3) is 0.143. The summed E-state index contributed by atoms with van der Waals surface area (Å²) in [4.78, 5) is 25.0. The van der Waals surface area contributed by atoms with Crippen LogP contribution < -0.4 is 5.32 Å². The summed E-state index contributed by atoms with van der Waals surface area (Å²) in [7, 11) is -1.59. The molecule has 0 spiro atoms. The lowest BCUT2D eigenvalue weighted by atomic mass is 10.1. The van der Waals surface area contributed by atoms with Crippen molar-refractivity contribution in [1.29, 1.82) is 0 Å². The van der Waals surface area contributed by atoms with E-state index in [1.165, 1.54) is 19.2 Å². The maximum Gasteiger partial charge on any atom is 0.360 e. The van der Waals surface area contributed by atoms with Crippen molar-refractivity contribution in [2.75, 3.05) is 14.2 Å². The molecule has 0 aliphatic rings. The molecule has 0 aliphatic heterocycles. The van der Waals surface area contributed by atoms with E-state index in [2.05, 4.69) is 15.5 Å². The molecule has 0 bridgehead atoms. The SMILES string of the molecule is CNC(=O)c1nnc(C(=O)OC)c2c1c1ccccc1n2S(=O)(=O)c1ccc(C)cc1. The minimum atomic E-state index is -4.17. The maximum absolute atomic E-state index is 13.7. The first-order valence-corrected chi connectivity index (χ1v) is 10.7. The van der Waals surface area contributed by atoms with Crippen LogP contribution in [0.2, 0.25) is 0 Å². The lowest BCUT2D eigenvalue weighted by Crippen LogP contribution is -2.22. The number of aryl methyl sites for hydroxylation is 1. The number of nitrogens with zero attached hydrogens (tertiary/aromatic N) is 3. The molecule has 4 aromatic rings. The topological polar surface area (TPSA) is 120 Å². The Morgan fingerprint density at radius 2 is 1.65 bits per heavy atom. The first-order valence-electron chi connectivity index (χ1n) is 9.23. The molecule has 0 atom stereocenters. The van der Waals surface area contributed by atoms with Crippen molar-refractivity contribution < 1.29 is 22.7 Å². The molecule has 0 unspecified atom stereocenters. The summed E-state index contributed by atoms with van der Waals surface area (Å²) < 4.78 is 33.2. The summed E-state index contributed by atoms with van der Waals surface area (Å²) in [6.07, 6.45) is 0. The Morgan fingerprint density at radius 3 is 2.29 bits per heavy atom. The van der Waals surface area contributed by atoms with Gasteiger partial charge in [-0.2, -0.15) is 0 Å². The molecule has 10 heteroatoms. The number of para-hydroxylation sites is 1. The first kappa shape index (κ1) is 20.5. The average Bonchev–Trinajstić information content (AvgIpc) is 3.14. The lowest BCUT2D eigenvalue weighted by molar-refractivity contribution is 0.0594. The number of carbonyl (C=O) groups is 2. The van der Waals surface area contributed by atoms with Gasteiger partial charge >= 0.3 is 5.97 Å². The van der Waals surface area contributed by atoms with Crippen LogP contribution >= 0.6 is 0 Å². The van der Waals surface area contributed by atoms with Gasteiger partial charge in [0.2, 0.25) is 0 Å². The number of aromatic nitrogens is 3. The minimum Gasteiger partial charge on any atom is -0.464 e. The summed E-state index contributed by atoms with van der Waals surface area (Å²) in [5.41, 5.74) is 0.700. The second-order valence-corrected chi connectivity index (χ2v) is 8.58. The molecule has 0 fully saturated rings. The van der Waals surface area contributed by atoms with Gasteiger partial charge in [-0.15, -0.1) is 10.2 Å². The van der Waals surface area contributed by atoms with Gasteiger partial charge in [0, 0.05) is 17.8 Å². The number of rotatable bonds is 4. The van der Waals surface area contributed by atoms with Gasteiger partial charge in [-0.25, -0.2) is 17.2 Å². The molecule has 0 radical (unpaired) electrons. The van der Waals surface area contributed by atoms with Crippen LogP contribution in [0.15, 0.2) is 53.4 Å². The van der Waals surface area contributed by atoms with Crippen molar-refractivity contribution in [2.24, 2.45) is 0 Å². The molecular weight excluding hydrogens is 420 g/mol. The molecule has 4 rings (SSSR count). The zero-order chi connectivity index (χ0) is 22.3. The third-order valence-corrected chi connectivity index (χ3v) is 6.65. The smallest absolute Gasteiger partial charge is 0.360 e. The number of esters is 1. The summed E-state index contributed by atoms with van der Waals surface area (Å²) in [6.45, 7) is 1.84. The Hall–Kier alpha value is -3.79. The summed E-state index contributed by atoms with van der Waals surface area (Å²) in [5, 5.41) is 10.9. The van der Waals surface area contributed by atoms with Gasteiger partial charge in [0.05, 0.1) is 17.5 Å². The summed E-state index contributed by atoms with van der Waals surface area (Å²) in [5.74, 6) is -1.44. The van der Waals surface area contributed by atoms with Crippen LogP contribution in [-0.2, 0) is 14.8 Å². The molecule has 2 aromatic carbocycles. The summed E-state index contributed by atoms with van der Waals surface area (Å²) >= 11 is 0. The number of hydrogen-bond donors (Lipinski definition) is 1. The van der Waals surface area contributed by atoms with Crippen molar-refractivity contribution in [1.82, 2.24) is 19.5 Å². The molecule has 9 nitrogen and oxygen atoms in total.